The molecule has 5 heteroatoms. The third-order valence-electron chi connectivity index (χ3n) is 3.51. The van der Waals surface area contributed by atoms with Gasteiger partial charge in [0, 0.05) is 12.1 Å². The van der Waals surface area contributed by atoms with E-state index in [9.17, 15) is 9.59 Å². The van der Waals surface area contributed by atoms with E-state index < -0.39 is 0 Å². The Balaban J connectivity index is 2.47. The topological polar surface area (TPSA) is 43.4 Å². The standard InChI is InChI=1S/C16H19BrNO3/c1-2-21-15(19)12-18(13-8-4-3-5-9-13)11-7-6-10-14(17)16(18)20/h3-5,7-9,11,14H,2,6,10,12H2,1H3/q+1. The van der Waals surface area contributed by atoms with Crippen molar-refractivity contribution in [2.45, 2.75) is 24.6 Å². The lowest BCUT2D eigenvalue weighted by atomic mass is 10.2. The Bertz CT molecular complexity index is 544. The first-order chi connectivity index (χ1) is 10.1. The van der Waals surface area contributed by atoms with Gasteiger partial charge < -0.3 is 4.74 Å². The van der Waals surface area contributed by atoms with Crippen molar-refractivity contribution in [3.63, 3.8) is 0 Å². The number of para-hydroxylation sites is 1. The zero-order valence-electron chi connectivity index (χ0n) is 12.0. The van der Waals surface area contributed by atoms with Crippen LogP contribution in [0, 0.1) is 0 Å². The normalized spacial score (nSPS) is 25.4. The SMILES string of the molecule is CCOC(=O)C[N+]1(c2ccccc2)C=CCCC(Br)C1=O. The molecule has 1 heterocycles. The largest absolute Gasteiger partial charge is 0.462 e. The van der Waals surface area contributed by atoms with Gasteiger partial charge in [-0.2, -0.15) is 4.48 Å². The highest BCUT2D eigenvalue weighted by molar-refractivity contribution is 9.10. The van der Waals surface area contributed by atoms with Gasteiger partial charge in [-0.1, -0.05) is 34.1 Å². The second kappa shape index (κ2) is 7.00. The highest BCUT2D eigenvalue weighted by Crippen LogP contribution is 2.30. The van der Waals surface area contributed by atoms with Crippen LogP contribution in [0.5, 0.6) is 0 Å². The van der Waals surface area contributed by atoms with Crippen molar-refractivity contribution >= 4 is 33.5 Å². The van der Waals surface area contributed by atoms with Crippen LogP contribution in [-0.2, 0) is 14.3 Å². The van der Waals surface area contributed by atoms with Gasteiger partial charge >= 0.3 is 11.9 Å². The minimum atomic E-state index is -0.374. The maximum Gasteiger partial charge on any atom is 0.363 e. The number of rotatable bonds is 4. The van der Waals surface area contributed by atoms with Crippen LogP contribution in [0.4, 0.5) is 5.69 Å². The van der Waals surface area contributed by atoms with Crippen molar-refractivity contribution in [3.8, 4) is 0 Å². The monoisotopic (exact) mass is 352 g/mol. The fourth-order valence-corrected chi connectivity index (χ4v) is 3.11. The van der Waals surface area contributed by atoms with Gasteiger partial charge in [0.1, 0.15) is 16.7 Å². The van der Waals surface area contributed by atoms with Gasteiger partial charge in [0.05, 0.1) is 6.61 Å². The molecule has 0 fully saturated rings. The molecule has 0 bridgehead atoms. The Kier molecular flexibility index (Phi) is 5.31. The van der Waals surface area contributed by atoms with E-state index in [2.05, 4.69) is 15.9 Å². The molecule has 0 radical (unpaired) electrons. The summed E-state index contributed by atoms with van der Waals surface area (Å²) in [6.07, 6.45) is 5.31. The second-order valence-electron chi connectivity index (χ2n) is 4.94. The van der Waals surface area contributed by atoms with Gasteiger partial charge in [-0.3, -0.25) is 0 Å². The van der Waals surface area contributed by atoms with Crippen LogP contribution >= 0.6 is 15.9 Å². The summed E-state index contributed by atoms with van der Waals surface area (Å²) in [4.78, 5) is 24.6. The van der Waals surface area contributed by atoms with Crippen LogP contribution in [0.2, 0.25) is 0 Å². The highest BCUT2D eigenvalue weighted by atomic mass is 79.9. The third-order valence-corrected chi connectivity index (χ3v) is 4.36. The molecule has 1 aromatic carbocycles. The number of quaternary nitrogens is 1. The lowest BCUT2D eigenvalue weighted by Crippen LogP contribution is -2.55. The molecule has 2 atom stereocenters. The number of ether oxygens (including phenoxy) is 1. The van der Waals surface area contributed by atoms with E-state index in [1.54, 1.807) is 6.92 Å². The van der Waals surface area contributed by atoms with Crippen LogP contribution in [0.15, 0.2) is 42.6 Å². The lowest BCUT2D eigenvalue weighted by Gasteiger charge is -2.31. The van der Waals surface area contributed by atoms with E-state index in [0.717, 1.165) is 18.5 Å². The predicted molar refractivity (Wildman–Crippen MR) is 85.8 cm³/mol. The fraction of sp³-hybridized carbons (Fsp3) is 0.375. The van der Waals surface area contributed by atoms with Crippen molar-refractivity contribution in [1.29, 1.82) is 0 Å². The summed E-state index contributed by atoms with van der Waals surface area (Å²) in [6.45, 7) is 2.05. The van der Waals surface area contributed by atoms with Crippen molar-refractivity contribution in [3.05, 3.63) is 42.6 Å². The molecule has 2 rings (SSSR count). The van der Waals surface area contributed by atoms with Crippen molar-refractivity contribution in [2.75, 3.05) is 13.2 Å². The van der Waals surface area contributed by atoms with Gasteiger partial charge in [0.2, 0.25) is 0 Å². The minimum Gasteiger partial charge on any atom is -0.462 e. The van der Waals surface area contributed by atoms with E-state index in [4.69, 9.17) is 4.74 Å². The summed E-state index contributed by atoms with van der Waals surface area (Å²) in [5, 5.41) is 0. The highest BCUT2D eigenvalue weighted by Gasteiger charge is 2.44. The molecule has 0 aliphatic carbocycles. The minimum absolute atomic E-state index is 0.0186. The number of carbonyl (C=O) groups is 2. The molecular weight excluding hydrogens is 334 g/mol. The maximum atomic E-state index is 12.9. The van der Waals surface area contributed by atoms with E-state index >= 15 is 0 Å². The average molecular weight is 353 g/mol. The van der Waals surface area contributed by atoms with Gasteiger partial charge in [-0.05, 0) is 25.8 Å². The van der Waals surface area contributed by atoms with E-state index in [0.29, 0.717) is 6.61 Å². The summed E-state index contributed by atoms with van der Waals surface area (Å²) >= 11 is 3.45. The molecule has 0 saturated heterocycles. The lowest BCUT2D eigenvalue weighted by molar-refractivity contribution is -0.146. The Morgan fingerprint density at radius 3 is 2.76 bits per heavy atom. The van der Waals surface area contributed by atoms with Crippen LogP contribution in [-0.4, -0.2) is 29.9 Å². The Hall–Kier alpha value is -1.46. The molecule has 0 aromatic heterocycles. The quantitative estimate of drug-likeness (QED) is 0.475. The van der Waals surface area contributed by atoms with Gasteiger partial charge in [-0.15, -0.1) is 0 Å². The Morgan fingerprint density at radius 1 is 1.38 bits per heavy atom. The van der Waals surface area contributed by atoms with E-state index in [-0.39, 0.29) is 27.7 Å². The Morgan fingerprint density at radius 2 is 2.10 bits per heavy atom. The summed E-state index contributed by atoms with van der Waals surface area (Å²) in [5.41, 5.74) is 0.776. The summed E-state index contributed by atoms with van der Waals surface area (Å²) in [6, 6.07) is 9.37. The van der Waals surface area contributed by atoms with Gasteiger partial charge in [0.25, 0.3) is 0 Å². The van der Waals surface area contributed by atoms with Crippen molar-refractivity contribution < 1.29 is 14.3 Å². The third kappa shape index (κ3) is 3.41. The van der Waals surface area contributed by atoms with Crippen LogP contribution in [0.25, 0.3) is 0 Å². The number of halogens is 1. The number of benzene rings is 1. The van der Waals surface area contributed by atoms with Crippen LogP contribution in [0.3, 0.4) is 0 Å². The first kappa shape index (κ1) is 15.9. The summed E-state index contributed by atoms with van der Waals surface area (Å²) in [7, 11) is 0. The van der Waals surface area contributed by atoms with Crippen molar-refractivity contribution in [2.24, 2.45) is 0 Å². The second-order valence-corrected chi connectivity index (χ2v) is 6.04. The molecule has 1 aliphatic rings. The van der Waals surface area contributed by atoms with E-state index in [1.807, 2.05) is 42.6 Å². The van der Waals surface area contributed by atoms with Gasteiger partial charge in [0.15, 0.2) is 6.54 Å². The molecule has 1 amide bonds. The number of alkyl halides is 1. The van der Waals surface area contributed by atoms with Crippen LogP contribution in [0.1, 0.15) is 19.8 Å². The molecule has 1 aromatic rings. The number of esters is 1. The molecule has 112 valence electrons. The van der Waals surface area contributed by atoms with Gasteiger partial charge in [-0.25, -0.2) is 9.59 Å². The molecule has 4 nitrogen and oxygen atoms in total. The molecular formula is C16H19BrNO3+. The summed E-state index contributed by atoms with van der Waals surface area (Å²) in [5.74, 6) is -0.413. The molecule has 0 saturated carbocycles. The first-order valence-corrected chi connectivity index (χ1v) is 7.97. The molecule has 0 spiro atoms. The molecule has 21 heavy (non-hydrogen) atoms. The zero-order chi connectivity index (χ0) is 15.3. The van der Waals surface area contributed by atoms with Crippen molar-refractivity contribution in [1.82, 2.24) is 4.48 Å². The predicted octanol–water partition coefficient (Wildman–Crippen LogP) is 3.15. The molecule has 0 N–H and O–H groups in total. The maximum absolute atomic E-state index is 12.9. The Labute approximate surface area is 133 Å². The first-order valence-electron chi connectivity index (χ1n) is 7.05. The number of hydrogen-bond donors (Lipinski definition) is 0. The van der Waals surface area contributed by atoms with Crippen LogP contribution < -0.4 is 4.48 Å². The number of nitrogens with zero attached hydrogens (tertiary/aromatic N) is 1. The summed E-state index contributed by atoms with van der Waals surface area (Å²) < 4.78 is 4.93. The van der Waals surface area contributed by atoms with E-state index in [1.165, 1.54) is 0 Å². The molecule has 2 unspecified atom stereocenters. The number of amides is 1. The molecule has 1 aliphatic heterocycles. The number of allylic oxidation sites excluding steroid dienone is 1. The zero-order valence-corrected chi connectivity index (χ0v) is 13.6. The number of carbonyl (C=O) groups excluding carboxylic acids is 2. The fourth-order valence-electron chi connectivity index (χ4n) is 2.48. The number of hydrogen-bond acceptors (Lipinski definition) is 3. The smallest absolute Gasteiger partial charge is 0.363 e. The average Bonchev–Trinajstić information content (AvgIpc) is 2.63.